The molecule has 1 aliphatic heterocycles. The minimum atomic E-state index is -1.04. The van der Waals surface area contributed by atoms with E-state index >= 15 is 0 Å². The van der Waals surface area contributed by atoms with E-state index in [9.17, 15) is 19.1 Å². The van der Waals surface area contributed by atoms with Crippen molar-refractivity contribution >= 4 is 29.0 Å². The Bertz CT molecular complexity index is 894. The first-order valence-corrected chi connectivity index (χ1v) is 8.13. The van der Waals surface area contributed by atoms with Gasteiger partial charge in [0.25, 0.3) is 5.91 Å². The lowest BCUT2D eigenvalue weighted by Crippen LogP contribution is -2.31. The van der Waals surface area contributed by atoms with Crippen LogP contribution in [0.1, 0.15) is 24.9 Å². The van der Waals surface area contributed by atoms with Crippen LogP contribution in [0.25, 0.3) is 0 Å². The van der Waals surface area contributed by atoms with E-state index in [2.05, 4.69) is 0 Å². The van der Waals surface area contributed by atoms with Gasteiger partial charge in [-0.2, -0.15) is 0 Å². The maximum Gasteiger partial charge on any atom is 0.294 e. The van der Waals surface area contributed by atoms with Crippen molar-refractivity contribution < 1.29 is 19.1 Å². The van der Waals surface area contributed by atoms with Gasteiger partial charge in [-0.1, -0.05) is 42.8 Å². The van der Waals surface area contributed by atoms with Crippen molar-refractivity contribution in [3.05, 3.63) is 76.3 Å². The molecule has 0 bridgehead atoms. The van der Waals surface area contributed by atoms with Crippen molar-refractivity contribution in [3.63, 3.8) is 0 Å². The molecule has 1 amide bonds. The number of Topliss-reactive ketones (excluding diaryl/α,β-unsaturated/α-hetero) is 1. The Hall–Kier alpha value is -2.66. The summed E-state index contributed by atoms with van der Waals surface area (Å²) < 4.78 is 14.4. The molecule has 2 aromatic carbocycles. The standard InChI is InChI=1S/C19H15ClFNO3/c1-2-15(23)16-17(13-8-3-4-9-14(13)21)22(19(25)18(16)24)12-7-5-6-11(20)10-12/h3-10,17,24H,2H2,1H3. The number of ketones is 1. The van der Waals surface area contributed by atoms with Gasteiger partial charge < -0.3 is 5.11 Å². The molecular weight excluding hydrogens is 345 g/mol. The van der Waals surface area contributed by atoms with Crippen LogP contribution in [-0.2, 0) is 9.59 Å². The average molecular weight is 360 g/mol. The number of anilines is 1. The van der Waals surface area contributed by atoms with Gasteiger partial charge in [-0.15, -0.1) is 0 Å². The van der Waals surface area contributed by atoms with Gasteiger partial charge in [0.2, 0.25) is 0 Å². The lowest BCUT2D eigenvalue weighted by Gasteiger charge is -2.27. The van der Waals surface area contributed by atoms with Gasteiger partial charge in [-0.05, 0) is 24.3 Å². The molecule has 1 unspecified atom stereocenters. The van der Waals surface area contributed by atoms with Crippen LogP contribution < -0.4 is 4.90 Å². The van der Waals surface area contributed by atoms with E-state index in [1.54, 1.807) is 31.2 Å². The average Bonchev–Trinajstić information content (AvgIpc) is 2.86. The first-order valence-electron chi connectivity index (χ1n) is 7.75. The largest absolute Gasteiger partial charge is 0.503 e. The van der Waals surface area contributed by atoms with Crippen molar-refractivity contribution in [2.45, 2.75) is 19.4 Å². The Morgan fingerprint density at radius 3 is 2.60 bits per heavy atom. The van der Waals surface area contributed by atoms with Crippen LogP contribution in [0.5, 0.6) is 0 Å². The number of halogens is 2. The zero-order chi connectivity index (χ0) is 18.1. The first kappa shape index (κ1) is 17.2. The van der Waals surface area contributed by atoms with E-state index in [0.29, 0.717) is 10.7 Å². The van der Waals surface area contributed by atoms with Crippen molar-refractivity contribution in [2.75, 3.05) is 4.90 Å². The molecule has 4 nitrogen and oxygen atoms in total. The van der Waals surface area contributed by atoms with Gasteiger partial charge in [0, 0.05) is 22.7 Å². The molecule has 0 saturated heterocycles. The number of hydrogen-bond acceptors (Lipinski definition) is 3. The van der Waals surface area contributed by atoms with Gasteiger partial charge in [0.15, 0.2) is 11.5 Å². The molecule has 0 spiro atoms. The molecule has 0 fully saturated rings. The molecule has 2 aromatic rings. The van der Waals surface area contributed by atoms with Gasteiger partial charge in [-0.3, -0.25) is 14.5 Å². The Morgan fingerprint density at radius 2 is 1.96 bits per heavy atom. The van der Waals surface area contributed by atoms with Gasteiger partial charge in [0.1, 0.15) is 5.82 Å². The highest BCUT2D eigenvalue weighted by Gasteiger charge is 2.44. The summed E-state index contributed by atoms with van der Waals surface area (Å²) >= 11 is 6.00. The fraction of sp³-hybridized carbons (Fsp3) is 0.158. The van der Waals surface area contributed by atoms with Gasteiger partial charge in [0.05, 0.1) is 11.6 Å². The second-order valence-electron chi connectivity index (χ2n) is 5.62. The Kier molecular flexibility index (Phi) is 4.59. The molecular formula is C19H15ClFNO3. The smallest absolute Gasteiger partial charge is 0.294 e. The molecule has 0 radical (unpaired) electrons. The molecule has 1 atom stereocenters. The minimum Gasteiger partial charge on any atom is -0.503 e. The lowest BCUT2D eigenvalue weighted by atomic mass is 9.94. The number of carbonyl (C=O) groups is 2. The zero-order valence-electron chi connectivity index (χ0n) is 13.4. The molecule has 0 saturated carbocycles. The van der Waals surface area contributed by atoms with Crippen LogP contribution in [0.15, 0.2) is 59.9 Å². The highest BCUT2D eigenvalue weighted by atomic mass is 35.5. The summed E-state index contributed by atoms with van der Waals surface area (Å²) in [5.74, 6) is -2.39. The predicted octanol–water partition coefficient (Wildman–Crippen LogP) is 4.36. The summed E-state index contributed by atoms with van der Waals surface area (Å²) in [7, 11) is 0. The summed E-state index contributed by atoms with van der Waals surface area (Å²) in [4.78, 5) is 26.2. The van der Waals surface area contributed by atoms with Gasteiger partial charge >= 0.3 is 0 Å². The number of nitrogens with zero attached hydrogens (tertiary/aromatic N) is 1. The summed E-state index contributed by atoms with van der Waals surface area (Å²) in [5, 5.41) is 10.7. The number of amides is 1. The first-order chi connectivity index (χ1) is 12.0. The third kappa shape index (κ3) is 2.91. The second-order valence-corrected chi connectivity index (χ2v) is 6.05. The number of rotatable bonds is 4. The molecule has 1 heterocycles. The predicted molar refractivity (Wildman–Crippen MR) is 93.0 cm³/mol. The van der Waals surface area contributed by atoms with E-state index < -0.39 is 29.3 Å². The molecule has 3 rings (SSSR count). The molecule has 1 N–H and O–H groups in total. The molecule has 128 valence electrons. The lowest BCUT2D eigenvalue weighted by molar-refractivity contribution is -0.118. The van der Waals surface area contributed by atoms with Crippen LogP contribution >= 0.6 is 11.6 Å². The summed E-state index contributed by atoms with van der Waals surface area (Å²) in [6.07, 6.45) is 0.0843. The molecule has 0 aliphatic carbocycles. The summed E-state index contributed by atoms with van der Waals surface area (Å²) in [5.41, 5.74) is 0.408. The number of aliphatic hydroxyl groups excluding tert-OH is 1. The fourth-order valence-electron chi connectivity index (χ4n) is 2.96. The fourth-order valence-corrected chi connectivity index (χ4v) is 3.15. The normalized spacial score (nSPS) is 17.3. The number of aliphatic hydroxyl groups is 1. The van der Waals surface area contributed by atoms with Crippen LogP contribution in [0.2, 0.25) is 5.02 Å². The molecule has 0 aromatic heterocycles. The maximum absolute atomic E-state index is 14.4. The van der Waals surface area contributed by atoms with Crippen molar-refractivity contribution in [3.8, 4) is 0 Å². The Balaban J connectivity index is 2.23. The Morgan fingerprint density at radius 1 is 1.24 bits per heavy atom. The van der Waals surface area contributed by atoms with E-state index in [1.165, 1.54) is 29.2 Å². The van der Waals surface area contributed by atoms with E-state index in [-0.39, 0.29) is 17.6 Å². The Labute approximate surface area is 149 Å². The van der Waals surface area contributed by atoms with E-state index in [0.717, 1.165) is 0 Å². The quantitative estimate of drug-likeness (QED) is 0.882. The van der Waals surface area contributed by atoms with Crippen molar-refractivity contribution in [1.82, 2.24) is 0 Å². The zero-order valence-corrected chi connectivity index (χ0v) is 14.1. The molecule has 6 heteroatoms. The van der Waals surface area contributed by atoms with Crippen LogP contribution in [0.3, 0.4) is 0 Å². The molecule has 1 aliphatic rings. The maximum atomic E-state index is 14.4. The van der Waals surface area contributed by atoms with Crippen molar-refractivity contribution in [1.29, 1.82) is 0 Å². The third-order valence-electron chi connectivity index (χ3n) is 4.12. The van der Waals surface area contributed by atoms with Crippen LogP contribution in [0.4, 0.5) is 10.1 Å². The van der Waals surface area contributed by atoms with Gasteiger partial charge in [-0.25, -0.2) is 4.39 Å². The second kappa shape index (κ2) is 6.69. The highest BCUT2D eigenvalue weighted by molar-refractivity contribution is 6.31. The summed E-state index contributed by atoms with van der Waals surface area (Å²) in [6, 6.07) is 11.2. The SMILES string of the molecule is CCC(=O)C1=C(O)C(=O)N(c2cccc(Cl)c2)C1c1ccccc1F. The number of carbonyl (C=O) groups excluding carboxylic acids is 2. The monoisotopic (exact) mass is 359 g/mol. The van der Waals surface area contributed by atoms with Crippen molar-refractivity contribution in [2.24, 2.45) is 0 Å². The van der Waals surface area contributed by atoms with Crippen LogP contribution in [-0.4, -0.2) is 16.8 Å². The summed E-state index contributed by atoms with van der Waals surface area (Å²) in [6.45, 7) is 1.62. The topological polar surface area (TPSA) is 57.6 Å². The van der Waals surface area contributed by atoms with E-state index in [1.807, 2.05) is 0 Å². The van der Waals surface area contributed by atoms with Crippen LogP contribution in [0, 0.1) is 5.82 Å². The highest BCUT2D eigenvalue weighted by Crippen LogP contribution is 2.42. The third-order valence-corrected chi connectivity index (χ3v) is 4.35. The number of benzene rings is 2. The number of hydrogen-bond donors (Lipinski definition) is 1. The minimum absolute atomic E-state index is 0.0843. The van der Waals surface area contributed by atoms with E-state index in [4.69, 9.17) is 11.6 Å². The molecule has 25 heavy (non-hydrogen) atoms.